The van der Waals surface area contributed by atoms with E-state index in [1.807, 2.05) is 35.2 Å². The minimum absolute atomic E-state index is 0.0947. The number of aliphatic hydroxyl groups is 1. The quantitative estimate of drug-likeness (QED) is 0.867. The van der Waals surface area contributed by atoms with Crippen LogP contribution in [0.4, 0.5) is 0 Å². The summed E-state index contributed by atoms with van der Waals surface area (Å²) in [5.74, 6) is -0.347. The van der Waals surface area contributed by atoms with E-state index in [0.29, 0.717) is 12.6 Å². The number of amides is 2. The van der Waals surface area contributed by atoms with E-state index in [2.05, 4.69) is 5.32 Å². The predicted octanol–water partition coefficient (Wildman–Crippen LogP) is 1.63. The Kier molecular flexibility index (Phi) is 4.96. The third-order valence-electron chi connectivity index (χ3n) is 5.00. The molecule has 2 fully saturated rings. The van der Waals surface area contributed by atoms with Crippen molar-refractivity contribution in [2.24, 2.45) is 5.92 Å². The maximum absolute atomic E-state index is 12.5. The molecule has 1 aromatic carbocycles. The SMILES string of the molecule is O=C(NC(CO)c1ccccc1)C1CC(=O)N(C2CCCC2)C1. The average molecular weight is 316 g/mol. The van der Waals surface area contributed by atoms with Crippen molar-refractivity contribution >= 4 is 11.8 Å². The first kappa shape index (κ1) is 16.0. The summed E-state index contributed by atoms with van der Waals surface area (Å²) in [6.07, 6.45) is 4.75. The van der Waals surface area contributed by atoms with E-state index in [1.165, 1.54) is 12.8 Å². The number of carbonyl (C=O) groups excluding carboxylic acids is 2. The van der Waals surface area contributed by atoms with Crippen molar-refractivity contribution in [3.05, 3.63) is 35.9 Å². The Bertz CT molecular complexity index is 555. The average Bonchev–Trinajstić information content (AvgIpc) is 3.22. The van der Waals surface area contributed by atoms with Gasteiger partial charge in [-0.25, -0.2) is 0 Å². The molecule has 1 saturated heterocycles. The van der Waals surface area contributed by atoms with Crippen LogP contribution in [0.15, 0.2) is 30.3 Å². The number of likely N-dealkylation sites (tertiary alicyclic amines) is 1. The Morgan fingerprint density at radius 3 is 2.61 bits per heavy atom. The summed E-state index contributed by atoms with van der Waals surface area (Å²) in [6, 6.07) is 9.32. The van der Waals surface area contributed by atoms with E-state index >= 15 is 0 Å². The van der Waals surface area contributed by atoms with Crippen molar-refractivity contribution < 1.29 is 14.7 Å². The lowest BCUT2D eigenvalue weighted by Crippen LogP contribution is -2.38. The highest BCUT2D eigenvalue weighted by atomic mass is 16.3. The minimum atomic E-state index is -0.417. The van der Waals surface area contributed by atoms with Gasteiger partial charge in [0, 0.05) is 19.0 Å². The van der Waals surface area contributed by atoms with Crippen molar-refractivity contribution in [3.63, 3.8) is 0 Å². The smallest absolute Gasteiger partial charge is 0.225 e. The van der Waals surface area contributed by atoms with Gasteiger partial charge in [0.1, 0.15) is 0 Å². The van der Waals surface area contributed by atoms with Crippen molar-refractivity contribution in [1.29, 1.82) is 0 Å². The fraction of sp³-hybridized carbons (Fsp3) is 0.556. The topological polar surface area (TPSA) is 69.6 Å². The summed E-state index contributed by atoms with van der Waals surface area (Å²) in [6.45, 7) is 0.366. The Balaban J connectivity index is 1.61. The number of nitrogens with one attached hydrogen (secondary N) is 1. The number of benzene rings is 1. The molecular formula is C18H24N2O3. The second-order valence-electron chi connectivity index (χ2n) is 6.54. The second-order valence-corrected chi connectivity index (χ2v) is 6.54. The molecule has 2 unspecified atom stereocenters. The molecule has 2 aliphatic rings. The number of carbonyl (C=O) groups is 2. The molecule has 0 radical (unpaired) electrons. The molecule has 124 valence electrons. The Morgan fingerprint density at radius 2 is 1.96 bits per heavy atom. The molecule has 1 heterocycles. The van der Waals surface area contributed by atoms with Gasteiger partial charge in [0.15, 0.2) is 0 Å². The highest BCUT2D eigenvalue weighted by Gasteiger charge is 2.39. The van der Waals surface area contributed by atoms with Crippen molar-refractivity contribution in [1.82, 2.24) is 10.2 Å². The third-order valence-corrected chi connectivity index (χ3v) is 5.00. The fourth-order valence-electron chi connectivity index (χ4n) is 3.69. The van der Waals surface area contributed by atoms with E-state index in [4.69, 9.17) is 0 Å². The van der Waals surface area contributed by atoms with E-state index in [9.17, 15) is 14.7 Å². The van der Waals surface area contributed by atoms with Crippen LogP contribution in [-0.4, -0.2) is 41.0 Å². The molecule has 1 aliphatic carbocycles. The van der Waals surface area contributed by atoms with Gasteiger partial charge >= 0.3 is 0 Å². The van der Waals surface area contributed by atoms with Gasteiger partial charge < -0.3 is 15.3 Å². The number of aliphatic hydroxyl groups excluding tert-OH is 1. The summed E-state index contributed by atoms with van der Waals surface area (Å²) in [7, 11) is 0. The molecule has 2 atom stereocenters. The number of nitrogens with zero attached hydrogens (tertiary/aromatic N) is 1. The monoisotopic (exact) mass is 316 g/mol. The molecule has 0 spiro atoms. The van der Waals surface area contributed by atoms with Gasteiger partial charge in [-0.2, -0.15) is 0 Å². The van der Waals surface area contributed by atoms with Crippen LogP contribution in [0.25, 0.3) is 0 Å². The zero-order valence-electron chi connectivity index (χ0n) is 13.3. The lowest BCUT2D eigenvalue weighted by molar-refractivity contribution is -0.130. The first-order chi connectivity index (χ1) is 11.2. The first-order valence-corrected chi connectivity index (χ1v) is 8.44. The lowest BCUT2D eigenvalue weighted by atomic mass is 10.0. The highest BCUT2D eigenvalue weighted by Crippen LogP contribution is 2.29. The molecule has 3 rings (SSSR count). The van der Waals surface area contributed by atoms with Crippen LogP contribution < -0.4 is 5.32 Å². The molecule has 1 aliphatic heterocycles. The first-order valence-electron chi connectivity index (χ1n) is 8.44. The summed E-state index contributed by atoms with van der Waals surface area (Å²) >= 11 is 0. The van der Waals surface area contributed by atoms with Gasteiger partial charge in [0.2, 0.25) is 11.8 Å². The van der Waals surface area contributed by atoms with Crippen LogP contribution in [-0.2, 0) is 9.59 Å². The Morgan fingerprint density at radius 1 is 1.26 bits per heavy atom. The number of hydrogen-bond donors (Lipinski definition) is 2. The summed E-state index contributed by atoms with van der Waals surface area (Å²) < 4.78 is 0. The highest BCUT2D eigenvalue weighted by molar-refractivity contribution is 5.89. The molecule has 0 bridgehead atoms. The van der Waals surface area contributed by atoms with Gasteiger partial charge in [-0.05, 0) is 18.4 Å². The van der Waals surface area contributed by atoms with E-state index < -0.39 is 6.04 Å². The fourth-order valence-corrected chi connectivity index (χ4v) is 3.69. The third kappa shape index (κ3) is 3.55. The van der Waals surface area contributed by atoms with Crippen LogP contribution in [0.3, 0.4) is 0 Å². The molecule has 1 saturated carbocycles. The van der Waals surface area contributed by atoms with Crippen LogP contribution in [0.5, 0.6) is 0 Å². The van der Waals surface area contributed by atoms with E-state index in [0.717, 1.165) is 18.4 Å². The van der Waals surface area contributed by atoms with Crippen LogP contribution in [0.1, 0.15) is 43.7 Å². The Labute approximate surface area is 136 Å². The zero-order chi connectivity index (χ0) is 16.2. The predicted molar refractivity (Wildman–Crippen MR) is 86.5 cm³/mol. The van der Waals surface area contributed by atoms with Gasteiger partial charge in [-0.1, -0.05) is 43.2 Å². The van der Waals surface area contributed by atoms with E-state index in [1.54, 1.807) is 0 Å². The van der Waals surface area contributed by atoms with Crippen LogP contribution >= 0.6 is 0 Å². The van der Waals surface area contributed by atoms with E-state index in [-0.39, 0.29) is 30.8 Å². The van der Waals surface area contributed by atoms with Crippen LogP contribution in [0.2, 0.25) is 0 Å². The number of rotatable bonds is 5. The van der Waals surface area contributed by atoms with Crippen LogP contribution in [0, 0.1) is 5.92 Å². The molecule has 2 N–H and O–H groups in total. The van der Waals surface area contributed by atoms with Gasteiger partial charge in [-0.15, -0.1) is 0 Å². The molecule has 2 amide bonds. The minimum Gasteiger partial charge on any atom is -0.394 e. The zero-order valence-corrected chi connectivity index (χ0v) is 13.3. The molecule has 1 aromatic rings. The van der Waals surface area contributed by atoms with Crippen molar-refractivity contribution in [3.8, 4) is 0 Å². The maximum Gasteiger partial charge on any atom is 0.225 e. The molecule has 0 aromatic heterocycles. The lowest BCUT2D eigenvalue weighted by Gasteiger charge is -2.24. The molecular weight excluding hydrogens is 292 g/mol. The van der Waals surface area contributed by atoms with Gasteiger partial charge in [-0.3, -0.25) is 9.59 Å². The van der Waals surface area contributed by atoms with Gasteiger partial charge in [0.25, 0.3) is 0 Å². The van der Waals surface area contributed by atoms with Crippen molar-refractivity contribution in [2.45, 2.75) is 44.2 Å². The summed E-state index contributed by atoms with van der Waals surface area (Å²) in [4.78, 5) is 26.6. The Hall–Kier alpha value is -1.88. The normalized spacial score (nSPS) is 23.3. The molecule has 23 heavy (non-hydrogen) atoms. The van der Waals surface area contributed by atoms with Crippen molar-refractivity contribution in [2.75, 3.05) is 13.2 Å². The second kappa shape index (κ2) is 7.13. The standard InChI is InChI=1S/C18H24N2O3/c21-12-16(13-6-2-1-3-7-13)19-18(23)14-10-17(22)20(11-14)15-8-4-5-9-15/h1-3,6-7,14-16,21H,4-5,8-12H2,(H,19,23). The molecule has 5 heteroatoms. The number of hydrogen-bond acceptors (Lipinski definition) is 3. The summed E-state index contributed by atoms with van der Waals surface area (Å²) in [5, 5.41) is 12.4. The largest absolute Gasteiger partial charge is 0.394 e. The summed E-state index contributed by atoms with van der Waals surface area (Å²) in [5.41, 5.74) is 0.875. The molecule has 5 nitrogen and oxygen atoms in total. The maximum atomic E-state index is 12.5. The van der Waals surface area contributed by atoms with Gasteiger partial charge in [0.05, 0.1) is 18.6 Å².